The SMILES string of the molecule is CCCCCCCC(=O)CCCCCC/C=C/[C@H](C(=O)N[C@@H](Cc1ccc(OCCCC)cc1)C(=O)OC)[C@@](O)(CCOC)C(=O)OCc1oc(=O)oc1C. The van der Waals surface area contributed by atoms with Crippen LogP contribution in [-0.4, -0.2) is 67.8 Å². The molecule has 0 fully saturated rings. The van der Waals surface area contributed by atoms with Crippen LogP contribution in [0.2, 0.25) is 0 Å². The lowest BCUT2D eigenvalue weighted by Gasteiger charge is -2.32. The molecule has 0 bridgehead atoms. The molecule has 0 aliphatic carbocycles. The first kappa shape index (κ1) is 46.9. The number of ketones is 1. The number of nitrogens with one attached hydrogen (secondary N) is 1. The van der Waals surface area contributed by atoms with Gasteiger partial charge in [0.05, 0.1) is 19.6 Å². The Morgan fingerprint density at radius 2 is 1.53 bits per heavy atom. The minimum absolute atomic E-state index is 0.0507. The van der Waals surface area contributed by atoms with E-state index in [-0.39, 0.29) is 31.0 Å². The molecule has 1 heterocycles. The molecule has 1 aromatic carbocycles. The van der Waals surface area contributed by atoms with Gasteiger partial charge in [0.25, 0.3) is 0 Å². The van der Waals surface area contributed by atoms with Gasteiger partial charge in [0.1, 0.15) is 17.6 Å². The number of hydrogen-bond acceptors (Lipinski definition) is 12. The minimum atomic E-state index is -2.45. The number of carbonyl (C=O) groups excluding carboxylic acids is 4. The van der Waals surface area contributed by atoms with Crippen molar-refractivity contribution in [2.75, 3.05) is 27.4 Å². The van der Waals surface area contributed by atoms with E-state index in [2.05, 4.69) is 19.2 Å². The highest BCUT2D eigenvalue weighted by Gasteiger charge is 2.48. The standard InChI is InChI=1S/C42H63NO12/c1-6-8-10-13-16-19-33(44)20-17-14-11-12-15-18-21-35(42(49,26-28-50-4)40(47)53-30-37-31(3)54-41(48)55-37)38(45)43-36(39(46)51-5)29-32-22-24-34(25-23-32)52-27-9-7-2/h18,21-25,35-36,49H,6-17,19-20,26-30H2,1-5H3,(H,43,45)/b21-18+/t35-,36+,42+/m1/s1. The fraction of sp³-hybridized carbons (Fsp3) is 0.643. The van der Waals surface area contributed by atoms with E-state index in [0.29, 0.717) is 43.0 Å². The first-order valence-electron chi connectivity index (χ1n) is 19.7. The van der Waals surface area contributed by atoms with E-state index < -0.39 is 47.8 Å². The van der Waals surface area contributed by atoms with Crippen molar-refractivity contribution in [1.29, 1.82) is 0 Å². The largest absolute Gasteiger partial charge is 0.519 e. The van der Waals surface area contributed by atoms with Crippen molar-refractivity contribution in [3.8, 4) is 5.75 Å². The summed E-state index contributed by atoms with van der Waals surface area (Å²) in [6, 6.07) is 5.97. The molecule has 3 atom stereocenters. The van der Waals surface area contributed by atoms with Crippen LogP contribution in [0.1, 0.15) is 127 Å². The Labute approximate surface area is 325 Å². The summed E-state index contributed by atoms with van der Waals surface area (Å²) in [7, 11) is 2.59. The summed E-state index contributed by atoms with van der Waals surface area (Å²) in [6.45, 7) is 5.62. The van der Waals surface area contributed by atoms with Crippen LogP contribution < -0.4 is 15.9 Å². The molecule has 0 aliphatic heterocycles. The minimum Gasteiger partial charge on any atom is -0.494 e. The van der Waals surface area contributed by atoms with Gasteiger partial charge in [0, 0.05) is 39.4 Å². The summed E-state index contributed by atoms with van der Waals surface area (Å²) < 4.78 is 31.1. The van der Waals surface area contributed by atoms with Crippen molar-refractivity contribution in [1.82, 2.24) is 5.32 Å². The molecule has 2 rings (SSSR count). The lowest BCUT2D eigenvalue weighted by molar-refractivity contribution is -0.176. The zero-order chi connectivity index (χ0) is 40.5. The third-order valence-electron chi connectivity index (χ3n) is 9.40. The number of ether oxygens (including phenoxy) is 4. The van der Waals surface area contributed by atoms with Crippen LogP contribution in [0.5, 0.6) is 5.75 Å². The van der Waals surface area contributed by atoms with Crippen molar-refractivity contribution < 1.29 is 52.1 Å². The maximum absolute atomic E-state index is 14.1. The Morgan fingerprint density at radius 1 is 0.873 bits per heavy atom. The number of carbonyl (C=O) groups is 4. The van der Waals surface area contributed by atoms with E-state index in [1.165, 1.54) is 46.5 Å². The van der Waals surface area contributed by atoms with E-state index >= 15 is 0 Å². The number of benzene rings is 1. The van der Waals surface area contributed by atoms with Gasteiger partial charge in [-0.3, -0.25) is 9.59 Å². The zero-order valence-electron chi connectivity index (χ0n) is 33.5. The molecule has 13 nitrogen and oxygen atoms in total. The number of methoxy groups -OCH3 is 2. The molecule has 0 aliphatic rings. The highest BCUT2D eigenvalue weighted by molar-refractivity contribution is 5.93. The summed E-state index contributed by atoms with van der Waals surface area (Å²) in [6.07, 6.45) is 15.4. The predicted octanol–water partition coefficient (Wildman–Crippen LogP) is 6.87. The lowest BCUT2D eigenvalue weighted by atomic mass is 9.82. The van der Waals surface area contributed by atoms with E-state index in [1.807, 2.05) is 0 Å². The van der Waals surface area contributed by atoms with Crippen LogP contribution >= 0.6 is 0 Å². The van der Waals surface area contributed by atoms with Crippen LogP contribution in [-0.2, 0) is 46.4 Å². The molecule has 0 saturated heterocycles. The summed E-state index contributed by atoms with van der Waals surface area (Å²) in [5.41, 5.74) is -1.74. The smallest absolute Gasteiger partial charge is 0.494 e. The van der Waals surface area contributed by atoms with Crippen molar-refractivity contribution in [2.45, 2.75) is 142 Å². The lowest BCUT2D eigenvalue weighted by Crippen LogP contribution is -2.55. The number of Topliss-reactive ketones (excluding diaryl/α,β-unsaturated/α-hetero) is 1. The molecule has 0 spiro atoms. The van der Waals surface area contributed by atoms with Gasteiger partial charge >= 0.3 is 17.8 Å². The molecular formula is C42H63NO12. The van der Waals surface area contributed by atoms with E-state index in [0.717, 1.165) is 51.4 Å². The highest BCUT2D eigenvalue weighted by Crippen LogP contribution is 2.28. The van der Waals surface area contributed by atoms with Crippen LogP contribution in [0, 0.1) is 12.8 Å². The Kier molecular flexibility index (Phi) is 22.7. The number of aliphatic hydroxyl groups is 1. The molecule has 55 heavy (non-hydrogen) atoms. The molecule has 2 aromatic rings. The molecule has 1 aromatic heterocycles. The molecule has 2 N–H and O–H groups in total. The molecule has 0 saturated carbocycles. The Morgan fingerprint density at radius 3 is 2.13 bits per heavy atom. The fourth-order valence-electron chi connectivity index (χ4n) is 5.98. The molecule has 0 radical (unpaired) electrons. The number of amides is 1. The topological polar surface area (TPSA) is 181 Å². The second-order valence-electron chi connectivity index (χ2n) is 13.9. The normalized spacial score (nSPS) is 13.6. The highest BCUT2D eigenvalue weighted by atomic mass is 16.6. The predicted molar refractivity (Wildman–Crippen MR) is 206 cm³/mol. The Hall–Kier alpha value is -4.23. The fourth-order valence-corrected chi connectivity index (χ4v) is 5.98. The van der Waals surface area contributed by atoms with Crippen molar-refractivity contribution in [3.05, 3.63) is 64.1 Å². The van der Waals surface area contributed by atoms with E-state index in [1.54, 1.807) is 30.3 Å². The van der Waals surface area contributed by atoms with E-state index in [4.69, 9.17) is 27.8 Å². The monoisotopic (exact) mass is 773 g/mol. The number of rotatable bonds is 30. The van der Waals surface area contributed by atoms with Crippen LogP contribution in [0.15, 0.2) is 50.0 Å². The van der Waals surface area contributed by atoms with Crippen LogP contribution in [0.3, 0.4) is 0 Å². The average Bonchev–Trinajstić information content (AvgIpc) is 3.50. The first-order chi connectivity index (χ1) is 26.5. The second kappa shape index (κ2) is 26.6. The Balaban J connectivity index is 2.21. The average molecular weight is 774 g/mol. The summed E-state index contributed by atoms with van der Waals surface area (Å²) in [5.74, 6) is -4.18. The third-order valence-corrected chi connectivity index (χ3v) is 9.40. The molecular weight excluding hydrogens is 710 g/mol. The van der Waals surface area contributed by atoms with Crippen molar-refractivity contribution in [2.24, 2.45) is 5.92 Å². The van der Waals surface area contributed by atoms with Gasteiger partial charge in [-0.2, -0.15) is 0 Å². The number of hydrogen-bond donors (Lipinski definition) is 2. The van der Waals surface area contributed by atoms with Crippen molar-refractivity contribution in [3.63, 3.8) is 0 Å². The summed E-state index contributed by atoms with van der Waals surface area (Å²) in [4.78, 5) is 64.5. The molecule has 1 amide bonds. The van der Waals surface area contributed by atoms with Gasteiger partial charge in [0.15, 0.2) is 23.7 Å². The maximum Gasteiger partial charge on any atom is 0.519 e. The van der Waals surface area contributed by atoms with Crippen molar-refractivity contribution >= 4 is 23.6 Å². The molecule has 13 heteroatoms. The van der Waals surface area contributed by atoms with Gasteiger partial charge in [0.2, 0.25) is 5.91 Å². The first-order valence-corrected chi connectivity index (χ1v) is 19.7. The molecule has 0 unspecified atom stereocenters. The third kappa shape index (κ3) is 17.4. The number of aryl methyl sites for hydroxylation is 1. The molecule has 308 valence electrons. The van der Waals surface area contributed by atoms with E-state index in [9.17, 15) is 29.1 Å². The van der Waals surface area contributed by atoms with Gasteiger partial charge in [-0.25, -0.2) is 14.4 Å². The van der Waals surface area contributed by atoms with Gasteiger partial charge in [-0.1, -0.05) is 83.1 Å². The number of allylic oxidation sites excluding steroid dienone is 1. The number of unbranched alkanes of at least 4 members (excludes halogenated alkanes) is 9. The maximum atomic E-state index is 14.1. The summed E-state index contributed by atoms with van der Waals surface area (Å²) >= 11 is 0. The Bertz CT molecular complexity index is 1510. The van der Waals surface area contributed by atoms with Gasteiger partial charge < -0.3 is 38.2 Å². The summed E-state index contributed by atoms with van der Waals surface area (Å²) in [5, 5.41) is 14.7. The van der Waals surface area contributed by atoms with Gasteiger partial charge in [-0.05, 0) is 56.7 Å². The zero-order valence-corrected chi connectivity index (χ0v) is 33.5. The quantitative estimate of drug-likeness (QED) is 0.0478. The second-order valence-corrected chi connectivity index (χ2v) is 13.9. The number of esters is 2. The van der Waals surface area contributed by atoms with Crippen LogP contribution in [0.25, 0.3) is 0 Å². The van der Waals surface area contributed by atoms with Gasteiger partial charge in [-0.15, -0.1) is 0 Å². The van der Waals surface area contributed by atoms with Crippen LogP contribution in [0.4, 0.5) is 0 Å².